The van der Waals surface area contributed by atoms with E-state index in [0.29, 0.717) is 11.7 Å². The van der Waals surface area contributed by atoms with Gasteiger partial charge in [-0.3, -0.25) is 9.00 Å². The van der Waals surface area contributed by atoms with E-state index in [1.54, 1.807) is 24.3 Å². The van der Waals surface area contributed by atoms with Gasteiger partial charge in [0, 0.05) is 10.6 Å². The van der Waals surface area contributed by atoms with Crippen LogP contribution in [-0.2, 0) is 22.0 Å². The van der Waals surface area contributed by atoms with Crippen molar-refractivity contribution < 1.29 is 14.1 Å². The van der Waals surface area contributed by atoms with Crippen LogP contribution in [-0.4, -0.2) is 21.0 Å². The van der Waals surface area contributed by atoms with Crippen LogP contribution in [0, 0.1) is 5.92 Å². The lowest BCUT2D eigenvalue weighted by molar-refractivity contribution is -0.136. The Morgan fingerprint density at radius 3 is 2.39 bits per heavy atom. The Hall–Kier alpha value is -1.16. The van der Waals surface area contributed by atoms with Crippen molar-refractivity contribution in [1.29, 1.82) is 0 Å². The number of hydrogen-bond donors (Lipinski definition) is 1. The molecule has 0 bridgehead atoms. The molecule has 0 spiro atoms. The van der Waals surface area contributed by atoms with Crippen LogP contribution in [0.25, 0.3) is 0 Å². The van der Waals surface area contributed by atoms with Gasteiger partial charge in [-0.15, -0.1) is 0 Å². The van der Waals surface area contributed by atoms with E-state index in [1.165, 1.54) is 0 Å². The van der Waals surface area contributed by atoms with Crippen molar-refractivity contribution >= 4 is 16.8 Å². The van der Waals surface area contributed by atoms with Crippen LogP contribution in [0.5, 0.6) is 0 Å². The summed E-state index contributed by atoms with van der Waals surface area (Å²) < 4.78 is 12.0. The van der Waals surface area contributed by atoms with E-state index in [4.69, 9.17) is 5.11 Å². The standard InChI is InChI=1S/C14H20O3S/c1-11(2)4-3-9-18(17)13-7-5-12(6-8-13)10-14(15)16/h5-8,11H,3-4,9-10H2,1-2H3,(H,15,16). The minimum atomic E-state index is -0.968. The molecular weight excluding hydrogens is 248 g/mol. The van der Waals surface area contributed by atoms with Crippen molar-refractivity contribution in [2.75, 3.05) is 5.75 Å². The zero-order chi connectivity index (χ0) is 13.5. The van der Waals surface area contributed by atoms with E-state index in [-0.39, 0.29) is 6.42 Å². The van der Waals surface area contributed by atoms with E-state index in [1.807, 2.05) is 0 Å². The van der Waals surface area contributed by atoms with E-state index in [9.17, 15) is 9.00 Å². The molecule has 0 aliphatic carbocycles. The largest absolute Gasteiger partial charge is 0.481 e. The van der Waals surface area contributed by atoms with Gasteiger partial charge in [0.15, 0.2) is 0 Å². The van der Waals surface area contributed by atoms with Crippen LogP contribution in [0.3, 0.4) is 0 Å². The summed E-state index contributed by atoms with van der Waals surface area (Å²) in [6.45, 7) is 4.31. The molecule has 0 fully saturated rings. The summed E-state index contributed by atoms with van der Waals surface area (Å²) in [6, 6.07) is 7.01. The van der Waals surface area contributed by atoms with E-state index in [0.717, 1.165) is 23.3 Å². The fourth-order valence-electron chi connectivity index (χ4n) is 1.67. The molecule has 1 aromatic carbocycles. The van der Waals surface area contributed by atoms with Crippen LogP contribution >= 0.6 is 0 Å². The Bertz CT molecular complexity index is 410. The van der Waals surface area contributed by atoms with Crippen LogP contribution in [0.1, 0.15) is 32.3 Å². The van der Waals surface area contributed by atoms with Crippen molar-refractivity contribution in [2.24, 2.45) is 5.92 Å². The molecule has 1 N–H and O–H groups in total. The van der Waals surface area contributed by atoms with Crippen molar-refractivity contribution in [3.8, 4) is 0 Å². The van der Waals surface area contributed by atoms with E-state index >= 15 is 0 Å². The Labute approximate surface area is 111 Å². The molecule has 1 unspecified atom stereocenters. The first kappa shape index (κ1) is 14.9. The molecule has 18 heavy (non-hydrogen) atoms. The summed E-state index contributed by atoms with van der Waals surface area (Å²) in [5, 5.41) is 8.65. The number of benzene rings is 1. The monoisotopic (exact) mass is 268 g/mol. The molecule has 1 aromatic rings. The van der Waals surface area contributed by atoms with Gasteiger partial charge < -0.3 is 5.11 Å². The highest BCUT2D eigenvalue weighted by Gasteiger charge is 2.06. The normalized spacial score (nSPS) is 12.6. The van der Waals surface area contributed by atoms with Gasteiger partial charge in [-0.2, -0.15) is 0 Å². The number of carboxylic acids is 1. The highest BCUT2D eigenvalue weighted by Crippen LogP contribution is 2.12. The topological polar surface area (TPSA) is 54.4 Å². The molecule has 0 aliphatic rings. The zero-order valence-electron chi connectivity index (χ0n) is 10.9. The lowest BCUT2D eigenvalue weighted by atomic mass is 10.1. The van der Waals surface area contributed by atoms with Crippen LogP contribution in [0.2, 0.25) is 0 Å². The number of aliphatic carboxylic acids is 1. The van der Waals surface area contributed by atoms with Crippen LogP contribution < -0.4 is 0 Å². The summed E-state index contributed by atoms with van der Waals surface area (Å²) in [4.78, 5) is 11.3. The molecule has 4 heteroatoms. The number of rotatable bonds is 7. The Balaban J connectivity index is 2.51. The maximum Gasteiger partial charge on any atom is 0.307 e. The third kappa shape index (κ3) is 5.45. The minimum Gasteiger partial charge on any atom is -0.481 e. The molecule has 3 nitrogen and oxygen atoms in total. The maximum absolute atomic E-state index is 12.0. The van der Waals surface area contributed by atoms with Gasteiger partial charge in [0.2, 0.25) is 0 Å². The van der Waals surface area contributed by atoms with Gasteiger partial charge in [-0.1, -0.05) is 32.4 Å². The van der Waals surface area contributed by atoms with Gasteiger partial charge in [0.05, 0.1) is 17.2 Å². The Kier molecular flexibility index (Phi) is 6.05. The lowest BCUT2D eigenvalue weighted by Gasteiger charge is -2.05. The molecule has 0 saturated carbocycles. The molecule has 0 heterocycles. The Morgan fingerprint density at radius 2 is 1.89 bits per heavy atom. The first-order valence-corrected chi connectivity index (χ1v) is 7.50. The number of carbonyl (C=O) groups is 1. The third-order valence-electron chi connectivity index (χ3n) is 2.65. The number of carboxylic acid groups (broad SMARTS) is 1. The maximum atomic E-state index is 12.0. The molecule has 0 amide bonds. The van der Waals surface area contributed by atoms with Gasteiger partial charge in [-0.05, 0) is 30.0 Å². The predicted molar refractivity (Wildman–Crippen MR) is 73.1 cm³/mol. The summed E-state index contributed by atoms with van der Waals surface area (Å²) in [5.74, 6) is 0.469. The summed E-state index contributed by atoms with van der Waals surface area (Å²) >= 11 is 0. The second kappa shape index (κ2) is 7.31. The first-order valence-electron chi connectivity index (χ1n) is 6.18. The quantitative estimate of drug-likeness (QED) is 0.827. The van der Waals surface area contributed by atoms with Gasteiger partial charge in [0.1, 0.15) is 0 Å². The van der Waals surface area contributed by atoms with E-state index in [2.05, 4.69) is 13.8 Å². The van der Waals surface area contributed by atoms with Gasteiger partial charge >= 0.3 is 5.97 Å². The molecule has 0 aliphatic heterocycles. The highest BCUT2D eigenvalue weighted by atomic mass is 32.2. The average Bonchev–Trinajstić information content (AvgIpc) is 2.28. The van der Waals surface area contributed by atoms with Crippen molar-refractivity contribution in [2.45, 2.75) is 38.0 Å². The summed E-state index contributed by atoms with van der Waals surface area (Å²) in [5.41, 5.74) is 0.741. The van der Waals surface area contributed by atoms with E-state index < -0.39 is 16.8 Å². The van der Waals surface area contributed by atoms with Crippen LogP contribution in [0.15, 0.2) is 29.2 Å². The lowest BCUT2D eigenvalue weighted by Crippen LogP contribution is -2.02. The zero-order valence-corrected chi connectivity index (χ0v) is 11.7. The SMILES string of the molecule is CC(C)CCCS(=O)c1ccc(CC(=O)O)cc1. The summed E-state index contributed by atoms with van der Waals surface area (Å²) in [7, 11) is -0.968. The van der Waals surface area contributed by atoms with Crippen molar-refractivity contribution in [3.63, 3.8) is 0 Å². The molecule has 0 radical (unpaired) electrons. The predicted octanol–water partition coefficient (Wildman–Crippen LogP) is 2.86. The van der Waals surface area contributed by atoms with Gasteiger partial charge in [-0.25, -0.2) is 0 Å². The van der Waals surface area contributed by atoms with Gasteiger partial charge in [0.25, 0.3) is 0 Å². The molecular formula is C14H20O3S. The first-order chi connectivity index (χ1) is 8.49. The fourth-order valence-corrected chi connectivity index (χ4v) is 2.78. The van der Waals surface area contributed by atoms with Crippen molar-refractivity contribution in [3.05, 3.63) is 29.8 Å². The molecule has 1 atom stereocenters. The molecule has 0 saturated heterocycles. The fraction of sp³-hybridized carbons (Fsp3) is 0.500. The minimum absolute atomic E-state index is 0.0142. The average molecular weight is 268 g/mol. The van der Waals surface area contributed by atoms with Crippen LogP contribution in [0.4, 0.5) is 0 Å². The molecule has 0 aromatic heterocycles. The second-order valence-corrected chi connectivity index (χ2v) is 6.37. The van der Waals surface area contributed by atoms with Crippen molar-refractivity contribution in [1.82, 2.24) is 0 Å². The second-order valence-electron chi connectivity index (χ2n) is 4.80. The molecule has 1 rings (SSSR count). The highest BCUT2D eigenvalue weighted by molar-refractivity contribution is 7.85. The summed E-state index contributed by atoms with van der Waals surface area (Å²) in [6.07, 6.45) is 2.06. The molecule has 100 valence electrons. The number of hydrogen-bond acceptors (Lipinski definition) is 2. The smallest absolute Gasteiger partial charge is 0.307 e. The third-order valence-corrected chi connectivity index (χ3v) is 4.11. The Morgan fingerprint density at radius 1 is 1.28 bits per heavy atom.